The lowest BCUT2D eigenvalue weighted by Crippen LogP contribution is -2.42. The number of aromatic nitrogens is 2. The van der Waals surface area contributed by atoms with E-state index in [0.717, 1.165) is 39.6 Å². The summed E-state index contributed by atoms with van der Waals surface area (Å²) in [5.41, 5.74) is 1.22. The molecule has 1 saturated heterocycles. The first kappa shape index (κ1) is 19.5. The van der Waals surface area contributed by atoms with Gasteiger partial charge >= 0.3 is 0 Å². The van der Waals surface area contributed by atoms with Crippen molar-refractivity contribution in [1.82, 2.24) is 15.1 Å². The maximum Gasteiger partial charge on any atom is 0.233 e. The molecule has 8 heteroatoms. The Morgan fingerprint density at radius 1 is 1.23 bits per heavy atom. The van der Waals surface area contributed by atoms with E-state index in [9.17, 15) is 4.79 Å². The number of methoxy groups -OCH3 is 1. The van der Waals surface area contributed by atoms with Crippen LogP contribution in [-0.4, -0.2) is 46.5 Å². The summed E-state index contributed by atoms with van der Waals surface area (Å²) >= 11 is 4.72. The monoisotopic (exact) mass is 409 g/mol. The third-order valence-corrected chi connectivity index (χ3v) is 7.60. The van der Waals surface area contributed by atoms with Crippen LogP contribution in [0.4, 0.5) is 0 Å². The summed E-state index contributed by atoms with van der Waals surface area (Å²) in [6.07, 6.45) is 3.45. The quantitative estimate of drug-likeness (QED) is 0.635. The minimum Gasteiger partial charge on any atom is -0.497 e. The van der Waals surface area contributed by atoms with E-state index in [1.807, 2.05) is 17.0 Å². The van der Waals surface area contributed by atoms with Crippen LogP contribution in [0.1, 0.15) is 31.7 Å². The Kier molecular flexibility index (Phi) is 7.22. The number of carbonyl (C=O) groups is 1. The minimum absolute atomic E-state index is 0.213. The Morgan fingerprint density at radius 3 is 2.65 bits per heavy atom. The van der Waals surface area contributed by atoms with Gasteiger partial charge in [0, 0.05) is 18.3 Å². The van der Waals surface area contributed by atoms with Crippen molar-refractivity contribution in [3.05, 3.63) is 29.8 Å². The summed E-state index contributed by atoms with van der Waals surface area (Å²) in [5, 5.41) is 8.44. The van der Waals surface area contributed by atoms with Gasteiger partial charge in [-0.2, -0.15) is 0 Å². The maximum absolute atomic E-state index is 12.4. The predicted molar refractivity (Wildman–Crippen MR) is 108 cm³/mol. The molecule has 0 saturated carbocycles. The van der Waals surface area contributed by atoms with Crippen LogP contribution in [0.15, 0.2) is 32.9 Å². The molecule has 0 aliphatic carbocycles. The van der Waals surface area contributed by atoms with Gasteiger partial charge < -0.3 is 9.64 Å². The highest BCUT2D eigenvalue weighted by molar-refractivity contribution is 8.03. The van der Waals surface area contributed by atoms with Crippen molar-refractivity contribution in [1.29, 1.82) is 0 Å². The molecule has 1 aliphatic heterocycles. The van der Waals surface area contributed by atoms with Crippen LogP contribution in [0, 0.1) is 0 Å². The fourth-order valence-corrected chi connectivity index (χ4v) is 5.72. The predicted octanol–water partition coefficient (Wildman–Crippen LogP) is 4.33. The molecule has 1 fully saturated rings. The molecule has 0 radical (unpaired) electrons. The number of piperidine rings is 1. The number of hydrogen-bond acceptors (Lipinski definition) is 7. The second-order valence-corrected chi connectivity index (χ2v) is 9.61. The summed E-state index contributed by atoms with van der Waals surface area (Å²) in [5.74, 6) is 2.36. The molecule has 26 heavy (non-hydrogen) atoms. The smallest absolute Gasteiger partial charge is 0.233 e. The van der Waals surface area contributed by atoms with Gasteiger partial charge in [0.1, 0.15) is 5.75 Å². The Balaban J connectivity index is 1.46. The number of ether oxygens (including phenoxy) is 1. The zero-order chi connectivity index (χ0) is 18.4. The second-order valence-electron chi connectivity index (χ2n) is 6.19. The van der Waals surface area contributed by atoms with Crippen LogP contribution in [0.2, 0.25) is 0 Å². The minimum atomic E-state index is 0.213. The molecule has 1 amide bonds. The van der Waals surface area contributed by atoms with Crippen molar-refractivity contribution in [2.75, 3.05) is 19.4 Å². The number of thioether (sulfide) groups is 2. The van der Waals surface area contributed by atoms with Crippen molar-refractivity contribution in [2.45, 2.75) is 46.7 Å². The highest BCUT2D eigenvalue weighted by Gasteiger charge is 2.23. The normalized spacial score (nSPS) is 17.3. The largest absolute Gasteiger partial charge is 0.497 e. The van der Waals surface area contributed by atoms with Crippen molar-refractivity contribution in [3.63, 3.8) is 0 Å². The lowest BCUT2D eigenvalue weighted by atomic mass is 10.0. The molecule has 3 rings (SSSR count). The van der Waals surface area contributed by atoms with Gasteiger partial charge in [-0.1, -0.05) is 47.0 Å². The topological polar surface area (TPSA) is 55.3 Å². The molecule has 1 atom stereocenters. The molecule has 2 heterocycles. The van der Waals surface area contributed by atoms with Gasteiger partial charge in [0.2, 0.25) is 5.91 Å². The molecular formula is C18H23N3O2S3. The van der Waals surface area contributed by atoms with E-state index in [1.54, 1.807) is 30.2 Å². The first-order chi connectivity index (χ1) is 12.7. The van der Waals surface area contributed by atoms with E-state index in [1.165, 1.54) is 23.7 Å². The van der Waals surface area contributed by atoms with Crippen molar-refractivity contribution < 1.29 is 9.53 Å². The third-order valence-electron chi connectivity index (χ3n) is 4.35. The molecular weight excluding hydrogens is 386 g/mol. The number of nitrogens with zero attached hydrogens (tertiary/aromatic N) is 3. The lowest BCUT2D eigenvalue weighted by molar-refractivity contribution is -0.131. The van der Waals surface area contributed by atoms with Crippen molar-refractivity contribution in [3.8, 4) is 5.75 Å². The molecule has 0 spiro atoms. The number of amides is 1. The van der Waals surface area contributed by atoms with Crippen LogP contribution in [0.5, 0.6) is 5.75 Å². The number of likely N-dealkylation sites (tertiary alicyclic amines) is 1. The number of carbonyl (C=O) groups excluding carboxylic acids is 1. The maximum atomic E-state index is 12.4. The standard InChI is InChI=1S/C18H23N3O2S3/c1-13-5-3-4-10-21(13)16(22)12-25-18-20-19-17(26-18)24-11-14-6-8-15(23-2)9-7-14/h6-9,13H,3-5,10-12H2,1-2H3/t13-/m1/s1. The lowest BCUT2D eigenvalue weighted by Gasteiger charge is -2.33. The van der Waals surface area contributed by atoms with E-state index in [4.69, 9.17) is 4.74 Å². The van der Waals surface area contributed by atoms with E-state index in [2.05, 4.69) is 29.3 Å². The van der Waals surface area contributed by atoms with E-state index in [-0.39, 0.29) is 5.91 Å². The fraction of sp³-hybridized carbons (Fsp3) is 0.500. The van der Waals surface area contributed by atoms with E-state index in [0.29, 0.717) is 11.8 Å². The van der Waals surface area contributed by atoms with Gasteiger partial charge in [0.25, 0.3) is 0 Å². The van der Waals surface area contributed by atoms with Gasteiger partial charge in [-0.15, -0.1) is 10.2 Å². The zero-order valence-electron chi connectivity index (χ0n) is 15.0. The second kappa shape index (κ2) is 9.62. The SMILES string of the molecule is COc1ccc(CSc2nnc(SCC(=O)N3CCCC[C@H]3C)s2)cc1. The van der Waals surface area contributed by atoms with Gasteiger partial charge in [-0.25, -0.2) is 0 Å². The van der Waals surface area contributed by atoms with Gasteiger partial charge in [-0.3, -0.25) is 4.79 Å². The van der Waals surface area contributed by atoms with Crippen LogP contribution in [-0.2, 0) is 10.5 Å². The molecule has 0 unspecified atom stereocenters. The number of benzene rings is 1. The molecule has 1 aliphatic rings. The van der Waals surface area contributed by atoms with Crippen molar-refractivity contribution in [2.24, 2.45) is 0 Å². The molecule has 1 aromatic carbocycles. The Labute approximate surface area is 166 Å². The molecule has 0 N–H and O–H groups in total. The summed E-state index contributed by atoms with van der Waals surface area (Å²) in [7, 11) is 1.67. The number of rotatable bonds is 7. The van der Waals surface area contributed by atoms with E-state index >= 15 is 0 Å². The Bertz CT molecular complexity index is 721. The third kappa shape index (κ3) is 5.37. The van der Waals surface area contributed by atoms with Crippen LogP contribution in [0.25, 0.3) is 0 Å². The van der Waals surface area contributed by atoms with Crippen LogP contribution < -0.4 is 4.74 Å². The summed E-state index contributed by atoms with van der Waals surface area (Å²) in [4.78, 5) is 14.4. The average Bonchev–Trinajstić information content (AvgIpc) is 3.13. The van der Waals surface area contributed by atoms with Crippen molar-refractivity contribution >= 4 is 40.8 Å². The highest BCUT2D eigenvalue weighted by atomic mass is 32.2. The molecule has 1 aromatic heterocycles. The molecule has 0 bridgehead atoms. The average molecular weight is 410 g/mol. The fourth-order valence-electron chi connectivity index (χ4n) is 2.86. The molecule has 140 valence electrons. The Morgan fingerprint density at radius 2 is 1.96 bits per heavy atom. The van der Waals surface area contributed by atoms with E-state index < -0.39 is 0 Å². The summed E-state index contributed by atoms with van der Waals surface area (Å²) in [6.45, 7) is 3.03. The molecule has 5 nitrogen and oxygen atoms in total. The Hall–Kier alpha value is -1.25. The first-order valence-corrected chi connectivity index (χ1v) is 11.5. The van der Waals surface area contributed by atoms with Gasteiger partial charge in [0.05, 0.1) is 12.9 Å². The first-order valence-electron chi connectivity index (χ1n) is 8.67. The summed E-state index contributed by atoms with van der Waals surface area (Å²) < 4.78 is 6.96. The number of hydrogen-bond donors (Lipinski definition) is 0. The molecule has 2 aromatic rings. The zero-order valence-corrected chi connectivity index (χ0v) is 17.5. The van der Waals surface area contributed by atoms with Crippen LogP contribution >= 0.6 is 34.9 Å². The van der Waals surface area contributed by atoms with Crippen LogP contribution in [0.3, 0.4) is 0 Å². The summed E-state index contributed by atoms with van der Waals surface area (Å²) in [6, 6.07) is 8.40. The van der Waals surface area contributed by atoms with Gasteiger partial charge in [-0.05, 0) is 43.9 Å². The van der Waals surface area contributed by atoms with Gasteiger partial charge in [0.15, 0.2) is 8.68 Å². The highest BCUT2D eigenvalue weighted by Crippen LogP contribution is 2.31.